The summed E-state index contributed by atoms with van der Waals surface area (Å²) in [6, 6.07) is 16.8. The van der Waals surface area contributed by atoms with Crippen LogP contribution in [-0.2, 0) is 6.42 Å². The molecule has 0 heterocycles. The summed E-state index contributed by atoms with van der Waals surface area (Å²) in [6.45, 7) is 8.22. The SMILES string of the molecule is C=C1CC(c2ccc(Cl)cc2)Cc2ccccc21.CC. The van der Waals surface area contributed by atoms with Gasteiger partial charge in [0.05, 0.1) is 0 Å². The lowest BCUT2D eigenvalue weighted by molar-refractivity contribution is 0.684. The molecule has 0 saturated heterocycles. The van der Waals surface area contributed by atoms with Gasteiger partial charge < -0.3 is 0 Å². The zero-order valence-corrected chi connectivity index (χ0v) is 13.0. The van der Waals surface area contributed by atoms with Crippen molar-refractivity contribution >= 4 is 17.2 Å². The number of rotatable bonds is 1. The van der Waals surface area contributed by atoms with Gasteiger partial charge in [0, 0.05) is 5.02 Å². The monoisotopic (exact) mass is 284 g/mol. The molecule has 0 spiro atoms. The van der Waals surface area contributed by atoms with E-state index in [0.717, 1.165) is 17.9 Å². The molecule has 0 nitrogen and oxygen atoms in total. The second kappa shape index (κ2) is 6.76. The van der Waals surface area contributed by atoms with Gasteiger partial charge in [0.25, 0.3) is 0 Å². The zero-order valence-electron chi connectivity index (χ0n) is 12.2. The molecule has 20 heavy (non-hydrogen) atoms. The highest BCUT2D eigenvalue weighted by molar-refractivity contribution is 6.30. The third-order valence-corrected chi connectivity index (χ3v) is 3.95. The second-order valence-electron chi connectivity index (χ2n) is 4.92. The van der Waals surface area contributed by atoms with E-state index < -0.39 is 0 Å². The average Bonchev–Trinajstić information content (AvgIpc) is 2.50. The molecular formula is C19H21Cl. The van der Waals surface area contributed by atoms with Crippen molar-refractivity contribution in [2.24, 2.45) is 0 Å². The first-order valence-electron chi connectivity index (χ1n) is 7.25. The van der Waals surface area contributed by atoms with Gasteiger partial charge in [0.15, 0.2) is 0 Å². The van der Waals surface area contributed by atoms with Gasteiger partial charge in [-0.2, -0.15) is 0 Å². The summed E-state index contributed by atoms with van der Waals surface area (Å²) in [4.78, 5) is 0. The van der Waals surface area contributed by atoms with E-state index in [2.05, 4.69) is 43.0 Å². The van der Waals surface area contributed by atoms with Crippen LogP contribution in [0.15, 0.2) is 55.1 Å². The van der Waals surface area contributed by atoms with Gasteiger partial charge in [-0.05, 0) is 53.2 Å². The standard InChI is InChI=1S/C17H15Cl.C2H6/c1-12-10-15(13-6-8-16(18)9-7-13)11-14-4-2-3-5-17(12)14;1-2/h2-9,15H,1,10-11H2;1-2H3. The van der Waals surface area contributed by atoms with E-state index in [-0.39, 0.29) is 0 Å². The Labute approximate surface area is 127 Å². The number of benzene rings is 2. The Morgan fingerprint density at radius 2 is 1.60 bits per heavy atom. The second-order valence-corrected chi connectivity index (χ2v) is 5.35. The molecule has 0 N–H and O–H groups in total. The normalized spacial score (nSPS) is 16.9. The average molecular weight is 285 g/mol. The molecule has 1 aliphatic carbocycles. The summed E-state index contributed by atoms with van der Waals surface area (Å²) < 4.78 is 0. The highest BCUT2D eigenvalue weighted by Crippen LogP contribution is 2.38. The first-order chi connectivity index (χ1) is 9.74. The van der Waals surface area contributed by atoms with E-state index in [1.54, 1.807) is 0 Å². The Balaban J connectivity index is 0.000000704. The van der Waals surface area contributed by atoms with Crippen LogP contribution in [-0.4, -0.2) is 0 Å². The minimum Gasteiger partial charge on any atom is -0.0952 e. The van der Waals surface area contributed by atoms with Gasteiger partial charge in [-0.15, -0.1) is 0 Å². The third-order valence-electron chi connectivity index (χ3n) is 3.70. The molecule has 0 amide bonds. The van der Waals surface area contributed by atoms with Gasteiger partial charge in [0.1, 0.15) is 0 Å². The van der Waals surface area contributed by atoms with Crippen molar-refractivity contribution < 1.29 is 0 Å². The molecule has 0 aromatic heterocycles. The third kappa shape index (κ3) is 3.13. The van der Waals surface area contributed by atoms with Crippen molar-refractivity contribution in [1.82, 2.24) is 0 Å². The number of allylic oxidation sites excluding steroid dienone is 1. The smallest absolute Gasteiger partial charge is 0.0406 e. The molecule has 2 aromatic carbocycles. The predicted molar refractivity (Wildman–Crippen MR) is 89.3 cm³/mol. The van der Waals surface area contributed by atoms with Crippen LogP contribution in [0.5, 0.6) is 0 Å². The summed E-state index contributed by atoms with van der Waals surface area (Å²) in [5.74, 6) is 0.532. The van der Waals surface area contributed by atoms with E-state index >= 15 is 0 Å². The fourth-order valence-corrected chi connectivity index (χ4v) is 2.88. The number of halogens is 1. The Bertz CT molecular complexity index is 581. The Kier molecular flexibility index (Phi) is 5.03. The van der Waals surface area contributed by atoms with Crippen molar-refractivity contribution in [1.29, 1.82) is 0 Å². The topological polar surface area (TPSA) is 0 Å². The van der Waals surface area contributed by atoms with Crippen molar-refractivity contribution in [2.45, 2.75) is 32.6 Å². The van der Waals surface area contributed by atoms with Gasteiger partial charge in [-0.1, -0.05) is 68.4 Å². The highest BCUT2D eigenvalue weighted by Gasteiger charge is 2.21. The first kappa shape index (κ1) is 14.9. The number of hydrogen-bond donors (Lipinski definition) is 0. The Morgan fingerprint density at radius 1 is 0.950 bits per heavy atom. The van der Waals surface area contributed by atoms with Gasteiger partial charge in [-0.25, -0.2) is 0 Å². The van der Waals surface area contributed by atoms with Crippen LogP contribution >= 0.6 is 11.6 Å². The van der Waals surface area contributed by atoms with Gasteiger partial charge >= 0.3 is 0 Å². The van der Waals surface area contributed by atoms with Crippen LogP contribution in [0.3, 0.4) is 0 Å². The van der Waals surface area contributed by atoms with Crippen molar-refractivity contribution in [3.05, 3.63) is 76.8 Å². The molecule has 1 atom stereocenters. The van der Waals surface area contributed by atoms with Gasteiger partial charge in [-0.3, -0.25) is 0 Å². The molecule has 104 valence electrons. The molecule has 0 radical (unpaired) electrons. The van der Waals surface area contributed by atoms with Gasteiger partial charge in [0.2, 0.25) is 0 Å². The maximum absolute atomic E-state index is 5.94. The maximum atomic E-state index is 5.94. The molecule has 1 unspecified atom stereocenters. The molecule has 0 saturated carbocycles. The molecule has 0 bridgehead atoms. The molecule has 2 aromatic rings. The van der Waals surface area contributed by atoms with E-state index in [1.807, 2.05) is 26.0 Å². The van der Waals surface area contributed by atoms with E-state index in [0.29, 0.717) is 5.92 Å². The molecule has 3 rings (SSSR count). The number of hydrogen-bond acceptors (Lipinski definition) is 0. The van der Waals surface area contributed by atoms with Crippen molar-refractivity contribution in [3.8, 4) is 0 Å². The van der Waals surface area contributed by atoms with E-state index in [9.17, 15) is 0 Å². The summed E-state index contributed by atoms with van der Waals surface area (Å²) in [5, 5.41) is 0.800. The minimum absolute atomic E-state index is 0.532. The summed E-state index contributed by atoms with van der Waals surface area (Å²) in [6.07, 6.45) is 2.13. The fourth-order valence-electron chi connectivity index (χ4n) is 2.76. The van der Waals surface area contributed by atoms with E-state index in [1.165, 1.54) is 22.3 Å². The molecule has 1 heteroatoms. The quantitative estimate of drug-likeness (QED) is 0.593. The van der Waals surface area contributed by atoms with Crippen LogP contribution < -0.4 is 0 Å². The Morgan fingerprint density at radius 3 is 2.30 bits per heavy atom. The van der Waals surface area contributed by atoms with E-state index in [4.69, 9.17) is 11.6 Å². The minimum atomic E-state index is 0.532. The molecular weight excluding hydrogens is 264 g/mol. The van der Waals surface area contributed by atoms with Crippen LogP contribution in [0, 0.1) is 0 Å². The number of fused-ring (bicyclic) bond motifs is 1. The Hall–Kier alpha value is -1.53. The van der Waals surface area contributed by atoms with Crippen LogP contribution in [0.25, 0.3) is 5.57 Å². The lowest BCUT2D eigenvalue weighted by Gasteiger charge is -2.26. The fraction of sp³-hybridized carbons (Fsp3) is 0.263. The largest absolute Gasteiger partial charge is 0.0952 e. The van der Waals surface area contributed by atoms with Crippen LogP contribution in [0.1, 0.15) is 42.9 Å². The van der Waals surface area contributed by atoms with Crippen LogP contribution in [0.4, 0.5) is 0 Å². The van der Waals surface area contributed by atoms with Crippen molar-refractivity contribution in [3.63, 3.8) is 0 Å². The summed E-state index contributed by atoms with van der Waals surface area (Å²) >= 11 is 5.94. The lowest BCUT2D eigenvalue weighted by Crippen LogP contribution is -2.11. The molecule has 1 aliphatic rings. The molecule has 0 aliphatic heterocycles. The van der Waals surface area contributed by atoms with Crippen molar-refractivity contribution in [2.75, 3.05) is 0 Å². The highest BCUT2D eigenvalue weighted by atomic mass is 35.5. The first-order valence-corrected chi connectivity index (χ1v) is 7.63. The summed E-state index contributed by atoms with van der Waals surface area (Å²) in [5.41, 5.74) is 5.35. The maximum Gasteiger partial charge on any atom is 0.0406 e. The lowest BCUT2D eigenvalue weighted by atomic mass is 9.78. The van der Waals surface area contributed by atoms with Crippen LogP contribution in [0.2, 0.25) is 5.02 Å². The predicted octanol–water partition coefficient (Wildman–Crippen LogP) is 6.11. The molecule has 0 fully saturated rings. The summed E-state index contributed by atoms with van der Waals surface area (Å²) in [7, 11) is 0. The zero-order chi connectivity index (χ0) is 14.5.